The Hall–Kier alpha value is 0.250. The van der Waals surface area contributed by atoms with E-state index in [1.807, 2.05) is 12.1 Å². The third-order valence-electron chi connectivity index (χ3n) is 1.69. The highest BCUT2D eigenvalue weighted by Crippen LogP contribution is 2.40. The normalized spacial score (nSPS) is 12.3. The maximum Gasteiger partial charge on any atom is 0.0745 e. The average Bonchev–Trinajstić information content (AvgIpc) is 2.16. The second kappa shape index (κ2) is 5.73. The second-order valence-electron chi connectivity index (χ2n) is 4.24. The number of nitrogens with zero attached hydrogens (tertiary/aromatic N) is 1. The van der Waals surface area contributed by atoms with Crippen LogP contribution in [0.1, 0.15) is 26.3 Å². The van der Waals surface area contributed by atoms with Crippen LogP contribution in [0.15, 0.2) is 26.7 Å². The summed E-state index contributed by atoms with van der Waals surface area (Å²) in [6.07, 6.45) is 1.47. The number of hydrogen-bond acceptors (Lipinski definition) is 3. The molecule has 1 rings (SSSR count). The zero-order valence-electron chi connectivity index (χ0n) is 9.29. The number of benzene rings is 1. The van der Waals surface area contributed by atoms with Crippen molar-refractivity contribution >= 4 is 56.5 Å². The van der Waals surface area contributed by atoms with E-state index in [-0.39, 0.29) is 4.75 Å². The largest absolute Gasteiger partial charge is 0.411 e. The minimum atomic E-state index is 0.116. The Balaban J connectivity index is 3.26. The molecule has 2 nitrogen and oxygen atoms in total. The molecular formula is C11H13BrINOS. The highest BCUT2D eigenvalue weighted by molar-refractivity contribution is 14.1. The molecule has 0 spiro atoms. The standard InChI is InChI=1S/C11H13BrINOS/c1-11(2,3)16-10-7(6-14-15)4-5-8(13)9(10)12/h4-6,15H,1-3H3. The van der Waals surface area contributed by atoms with E-state index in [1.54, 1.807) is 11.8 Å². The molecule has 5 heteroatoms. The molecule has 16 heavy (non-hydrogen) atoms. The molecular weight excluding hydrogens is 401 g/mol. The summed E-state index contributed by atoms with van der Waals surface area (Å²) in [6, 6.07) is 3.95. The third kappa shape index (κ3) is 3.92. The van der Waals surface area contributed by atoms with Crippen LogP contribution < -0.4 is 0 Å². The van der Waals surface area contributed by atoms with E-state index in [0.717, 1.165) is 18.5 Å². The van der Waals surface area contributed by atoms with Crippen LogP contribution in [0.2, 0.25) is 0 Å². The van der Waals surface area contributed by atoms with Gasteiger partial charge in [-0.25, -0.2) is 0 Å². The van der Waals surface area contributed by atoms with E-state index in [0.29, 0.717) is 0 Å². The van der Waals surface area contributed by atoms with Crippen molar-refractivity contribution in [1.82, 2.24) is 0 Å². The van der Waals surface area contributed by atoms with Gasteiger partial charge in [0.05, 0.1) is 6.21 Å². The van der Waals surface area contributed by atoms with E-state index >= 15 is 0 Å². The molecule has 1 N–H and O–H groups in total. The Kier molecular flexibility index (Phi) is 5.12. The Morgan fingerprint density at radius 2 is 2.06 bits per heavy atom. The predicted octanol–water partition coefficient (Wildman–Crippen LogP) is 4.75. The van der Waals surface area contributed by atoms with Gasteiger partial charge in [0, 0.05) is 23.2 Å². The Labute approximate surface area is 122 Å². The summed E-state index contributed by atoms with van der Waals surface area (Å²) in [5.41, 5.74) is 0.926. The van der Waals surface area contributed by atoms with Gasteiger partial charge in [0.2, 0.25) is 0 Å². The summed E-state index contributed by atoms with van der Waals surface area (Å²) in [4.78, 5) is 1.11. The van der Waals surface area contributed by atoms with E-state index in [2.05, 4.69) is 64.4 Å². The summed E-state index contributed by atoms with van der Waals surface area (Å²) >= 11 is 7.62. The van der Waals surface area contributed by atoms with Crippen molar-refractivity contribution in [3.63, 3.8) is 0 Å². The topological polar surface area (TPSA) is 32.6 Å². The SMILES string of the molecule is CC(C)(C)Sc1c(C=NO)ccc(I)c1Br. The van der Waals surface area contributed by atoms with Crippen LogP contribution in [0, 0.1) is 3.57 Å². The van der Waals surface area contributed by atoms with Gasteiger partial charge >= 0.3 is 0 Å². The van der Waals surface area contributed by atoms with Crippen molar-refractivity contribution in [2.24, 2.45) is 5.16 Å². The molecule has 1 aromatic carbocycles. The number of thioether (sulfide) groups is 1. The van der Waals surface area contributed by atoms with Crippen molar-refractivity contribution in [3.05, 3.63) is 25.7 Å². The second-order valence-corrected chi connectivity index (χ2v) is 8.03. The van der Waals surface area contributed by atoms with E-state index in [9.17, 15) is 0 Å². The van der Waals surface area contributed by atoms with Gasteiger partial charge < -0.3 is 5.21 Å². The van der Waals surface area contributed by atoms with Gasteiger partial charge in [-0.05, 0) is 44.6 Å². The number of oxime groups is 1. The van der Waals surface area contributed by atoms with Gasteiger partial charge in [0.1, 0.15) is 0 Å². The van der Waals surface area contributed by atoms with E-state index < -0.39 is 0 Å². The number of hydrogen-bond donors (Lipinski definition) is 1. The molecule has 0 saturated carbocycles. The average molecular weight is 414 g/mol. The van der Waals surface area contributed by atoms with Gasteiger partial charge in [-0.15, -0.1) is 11.8 Å². The molecule has 0 aliphatic carbocycles. The number of halogens is 2. The van der Waals surface area contributed by atoms with E-state index in [4.69, 9.17) is 5.21 Å². The number of rotatable bonds is 2. The summed E-state index contributed by atoms with van der Waals surface area (Å²) in [5.74, 6) is 0. The first-order valence-corrected chi connectivity index (χ1v) is 7.38. The van der Waals surface area contributed by atoms with Crippen molar-refractivity contribution < 1.29 is 5.21 Å². The fourth-order valence-corrected chi connectivity index (χ4v) is 3.41. The van der Waals surface area contributed by atoms with Crippen LogP contribution in [0.4, 0.5) is 0 Å². The first kappa shape index (κ1) is 14.3. The summed E-state index contributed by atoms with van der Waals surface area (Å²) in [5, 5.41) is 11.8. The summed E-state index contributed by atoms with van der Waals surface area (Å²) in [7, 11) is 0. The Bertz CT molecular complexity index is 415. The van der Waals surface area contributed by atoms with Crippen LogP contribution in [-0.4, -0.2) is 16.2 Å². The lowest BCUT2D eigenvalue weighted by Gasteiger charge is -2.20. The highest BCUT2D eigenvalue weighted by Gasteiger charge is 2.18. The Morgan fingerprint density at radius 1 is 1.44 bits per heavy atom. The van der Waals surface area contributed by atoms with Crippen LogP contribution in [0.3, 0.4) is 0 Å². The molecule has 0 aliphatic rings. The molecule has 0 saturated heterocycles. The maximum atomic E-state index is 8.65. The quantitative estimate of drug-likeness (QED) is 0.249. The van der Waals surface area contributed by atoms with Crippen molar-refractivity contribution in [2.75, 3.05) is 0 Å². The van der Waals surface area contributed by atoms with Gasteiger partial charge in [-0.3, -0.25) is 0 Å². The first-order valence-electron chi connectivity index (χ1n) is 4.69. The zero-order valence-corrected chi connectivity index (χ0v) is 13.9. The van der Waals surface area contributed by atoms with Gasteiger partial charge in [-0.1, -0.05) is 32.0 Å². The van der Waals surface area contributed by atoms with E-state index in [1.165, 1.54) is 6.21 Å². The third-order valence-corrected chi connectivity index (χ3v) is 5.67. The lowest BCUT2D eigenvalue weighted by Crippen LogP contribution is -2.08. The minimum absolute atomic E-state index is 0.116. The molecule has 0 radical (unpaired) electrons. The van der Waals surface area contributed by atoms with Crippen LogP contribution >= 0.6 is 50.3 Å². The molecule has 0 fully saturated rings. The molecule has 0 heterocycles. The predicted molar refractivity (Wildman–Crippen MR) is 81.8 cm³/mol. The fraction of sp³-hybridized carbons (Fsp3) is 0.364. The zero-order chi connectivity index (χ0) is 12.3. The summed E-state index contributed by atoms with van der Waals surface area (Å²) < 4.78 is 2.33. The fourth-order valence-electron chi connectivity index (χ4n) is 1.12. The van der Waals surface area contributed by atoms with Gasteiger partial charge in [0.25, 0.3) is 0 Å². The van der Waals surface area contributed by atoms with Crippen molar-refractivity contribution in [2.45, 2.75) is 30.4 Å². The van der Waals surface area contributed by atoms with Crippen molar-refractivity contribution in [1.29, 1.82) is 0 Å². The molecule has 0 aromatic heterocycles. The monoisotopic (exact) mass is 413 g/mol. The molecule has 88 valence electrons. The molecule has 0 atom stereocenters. The molecule has 0 amide bonds. The molecule has 0 unspecified atom stereocenters. The first-order chi connectivity index (χ1) is 7.35. The Morgan fingerprint density at radius 3 is 2.56 bits per heavy atom. The van der Waals surface area contributed by atoms with Gasteiger partial charge in [-0.2, -0.15) is 0 Å². The maximum absolute atomic E-state index is 8.65. The lowest BCUT2D eigenvalue weighted by atomic mass is 10.2. The molecule has 0 aliphatic heterocycles. The van der Waals surface area contributed by atoms with Crippen LogP contribution in [0.25, 0.3) is 0 Å². The molecule has 1 aromatic rings. The van der Waals surface area contributed by atoms with Crippen LogP contribution in [0.5, 0.6) is 0 Å². The minimum Gasteiger partial charge on any atom is -0.411 e. The van der Waals surface area contributed by atoms with Crippen LogP contribution in [-0.2, 0) is 0 Å². The molecule has 0 bridgehead atoms. The van der Waals surface area contributed by atoms with Gasteiger partial charge in [0.15, 0.2) is 0 Å². The summed E-state index contributed by atoms with van der Waals surface area (Å²) in [6.45, 7) is 6.47. The lowest BCUT2D eigenvalue weighted by molar-refractivity contribution is 0.321. The highest BCUT2D eigenvalue weighted by atomic mass is 127. The smallest absolute Gasteiger partial charge is 0.0745 e. The van der Waals surface area contributed by atoms with Crippen molar-refractivity contribution in [3.8, 4) is 0 Å².